The van der Waals surface area contributed by atoms with Gasteiger partial charge >= 0.3 is 0 Å². The van der Waals surface area contributed by atoms with E-state index in [1.807, 2.05) is 54.6 Å². The van der Waals surface area contributed by atoms with Gasteiger partial charge in [0, 0.05) is 10.9 Å². The molecule has 0 fully saturated rings. The number of fused-ring (bicyclic) bond motifs is 1. The summed E-state index contributed by atoms with van der Waals surface area (Å²) >= 11 is 0. The number of pyridine rings is 1. The number of methoxy groups -OCH3 is 1. The SMILES string of the molecule is COc1ccc(-c2cc([C@H](O)CCCCCN)c3ccccc3n2)cc1. The van der Waals surface area contributed by atoms with Crippen LogP contribution in [0.4, 0.5) is 0 Å². The summed E-state index contributed by atoms with van der Waals surface area (Å²) in [4.78, 5) is 4.79. The van der Waals surface area contributed by atoms with Gasteiger partial charge in [0.05, 0.1) is 24.4 Å². The van der Waals surface area contributed by atoms with Crippen molar-refractivity contribution in [1.82, 2.24) is 4.98 Å². The van der Waals surface area contributed by atoms with Crippen LogP contribution in [-0.4, -0.2) is 23.7 Å². The highest BCUT2D eigenvalue weighted by Crippen LogP contribution is 2.31. The molecule has 3 rings (SSSR count). The summed E-state index contributed by atoms with van der Waals surface area (Å²) in [6.45, 7) is 0.704. The number of aromatic nitrogens is 1. The standard InChI is InChI=1S/C22H26N2O2/c1-26-17-12-10-16(11-13-17)21-15-19(22(25)9-3-2-6-14-23)18-7-4-5-8-20(18)24-21/h4-5,7-8,10-13,15,22,25H,2-3,6,9,14,23H2,1H3/t22-/m1/s1. The Labute approximate surface area is 154 Å². The minimum Gasteiger partial charge on any atom is -0.497 e. The Morgan fingerprint density at radius 1 is 1.04 bits per heavy atom. The highest BCUT2D eigenvalue weighted by Gasteiger charge is 2.14. The summed E-state index contributed by atoms with van der Waals surface area (Å²) in [5, 5.41) is 11.8. The molecule has 0 aliphatic heterocycles. The molecular formula is C22H26N2O2. The van der Waals surface area contributed by atoms with Crippen molar-refractivity contribution in [2.24, 2.45) is 5.73 Å². The van der Waals surface area contributed by atoms with E-state index >= 15 is 0 Å². The van der Waals surface area contributed by atoms with Gasteiger partial charge in [-0.3, -0.25) is 0 Å². The van der Waals surface area contributed by atoms with Crippen molar-refractivity contribution >= 4 is 10.9 Å². The molecule has 0 spiro atoms. The Bertz CT molecular complexity index is 846. The van der Waals surface area contributed by atoms with Crippen molar-refractivity contribution in [1.29, 1.82) is 0 Å². The number of para-hydroxylation sites is 1. The Balaban J connectivity index is 1.95. The van der Waals surface area contributed by atoms with Gasteiger partial charge in [0.15, 0.2) is 0 Å². The van der Waals surface area contributed by atoms with Crippen molar-refractivity contribution in [2.45, 2.75) is 31.8 Å². The number of ether oxygens (including phenoxy) is 1. The molecule has 0 radical (unpaired) electrons. The van der Waals surface area contributed by atoms with Crippen LogP contribution in [-0.2, 0) is 0 Å². The topological polar surface area (TPSA) is 68.4 Å². The molecule has 1 atom stereocenters. The van der Waals surface area contributed by atoms with Crippen LogP contribution in [0.3, 0.4) is 0 Å². The Hall–Kier alpha value is -2.43. The molecule has 3 N–H and O–H groups in total. The van der Waals surface area contributed by atoms with Crippen LogP contribution in [0.5, 0.6) is 5.75 Å². The molecule has 0 amide bonds. The van der Waals surface area contributed by atoms with E-state index in [9.17, 15) is 5.11 Å². The minimum absolute atomic E-state index is 0.502. The summed E-state index contributed by atoms with van der Waals surface area (Å²) in [7, 11) is 1.66. The molecule has 0 aliphatic carbocycles. The maximum atomic E-state index is 10.8. The van der Waals surface area contributed by atoms with E-state index in [0.717, 1.165) is 59.2 Å². The Morgan fingerprint density at radius 2 is 1.81 bits per heavy atom. The molecule has 26 heavy (non-hydrogen) atoms. The van der Waals surface area contributed by atoms with E-state index in [1.54, 1.807) is 7.11 Å². The maximum Gasteiger partial charge on any atom is 0.118 e. The highest BCUT2D eigenvalue weighted by molar-refractivity contribution is 5.85. The molecule has 1 heterocycles. The number of benzene rings is 2. The number of rotatable bonds is 8. The van der Waals surface area contributed by atoms with Gasteiger partial charge in [0.1, 0.15) is 5.75 Å². The van der Waals surface area contributed by atoms with E-state index in [4.69, 9.17) is 15.5 Å². The monoisotopic (exact) mass is 350 g/mol. The molecule has 0 saturated carbocycles. The lowest BCUT2D eigenvalue weighted by Crippen LogP contribution is -2.02. The number of aliphatic hydroxyl groups excluding tert-OH is 1. The number of aliphatic hydroxyl groups is 1. The van der Waals surface area contributed by atoms with E-state index in [2.05, 4.69) is 0 Å². The van der Waals surface area contributed by atoms with E-state index in [-0.39, 0.29) is 0 Å². The van der Waals surface area contributed by atoms with Crippen molar-refractivity contribution in [3.05, 3.63) is 60.2 Å². The van der Waals surface area contributed by atoms with Crippen molar-refractivity contribution in [3.63, 3.8) is 0 Å². The molecule has 136 valence electrons. The first kappa shape index (κ1) is 18.4. The normalized spacial score (nSPS) is 12.3. The van der Waals surface area contributed by atoms with Gasteiger partial charge in [-0.15, -0.1) is 0 Å². The van der Waals surface area contributed by atoms with Crippen LogP contribution >= 0.6 is 0 Å². The van der Waals surface area contributed by atoms with Gasteiger partial charge in [0.25, 0.3) is 0 Å². The fourth-order valence-electron chi connectivity index (χ4n) is 3.20. The third-order valence-electron chi connectivity index (χ3n) is 4.67. The van der Waals surface area contributed by atoms with Crippen LogP contribution in [0.15, 0.2) is 54.6 Å². The summed E-state index contributed by atoms with van der Waals surface area (Å²) < 4.78 is 5.23. The van der Waals surface area contributed by atoms with Crippen molar-refractivity contribution < 1.29 is 9.84 Å². The zero-order valence-corrected chi connectivity index (χ0v) is 15.2. The first-order chi connectivity index (χ1) is 12.7. The second-order valence-electron chi connectivity index (χ2n) is 6.50. The van der Waals surface area contributed by atoms with Crippen LogP contribution < -0.4 is 10.5 Å². The smallest absolute Gasteiger partial charge is 0.118 e. The molecular weight excluding hydrogens is 324 g/mol. The number of hydrogen-bond acceptors (Lipinski definition) is 4. The number of nitrogens with zero attached hydrogens (tertiary/aromatic N) is 1. The predicted molar refractivity (Wildman–Crippen MR) is 106 cm³/mol. The zero-order chi connectivity index (χ0) is 18.4. The van der Waals surface area contributed by atoms with Gasteiger partial charge in [-0.2, -0.15) is 0 Å². The number of nitrogens with two attached hydrogens (primary N) is 1. The first-order valence-corrected chi connectivity index (χ1v) is 9.15. The second-order valence-corrected chi connectivity index (χ2v) is 6.50. The third kappa shape index (κ3) is 4.21. The Kier molecular flexibility index (Phi) is 6.21. The largest absolute Gasteiger partial charge is 0.497 e. The summed E-state index contributed by atoms with van der Waals surface area (Å²) in [6.07, 6.45) is 3.24. The first-order valence-electron chi connectivity index (χ1n) is 9.15. The van der Waals surface area contributed by atoms with Crippen LogP contribution in [0.1, 0.15) is 37.4 Å². The average molecular weight is 350 g/mol. The zero-order valence-electron chi connectivity index (χ0n) is 15.2. The van der Waals surface area contributed by atoms with Gasteiger partial charge in [0.2, 0.25) is 0 Å². The molecule has 0 saturated heterocycles. The average Bonchev–Trinajstić information content (AvgIpc) is 2.70. The fraction of sp³-hybridized carbons (Fsp3) is 0.318. The lowest BCUT2D eigenvalue weighted by molar-refractivity contribution is 0.165. The van der Waals surface area contributed by atoms with Crippen molar-refractivity contribution in [2.75, 3.05) is 13.7 Å². The lowest BCUT2D eigenvalue weighted by atomic mass is 9.97. The Morgan fingerprint density at radius 3 is 2.54 bits per heavy atom. The van der Waals surface area contributed by atoms with E-state index in [0.29, 0.717) is 6.54 Å². The van der Waals surface area contributed by atoms with Gasteiger partial charge in [-0.05, 0) is 61.3 Å². The third-order valence-corrected chi connectivity index (χ3v) is 4.67. The molecule has 1 aromatic heterocycles. The number of unbranched alkanes of at least 4 members (excludes halogenated alkanes) is 2. The summed E-state index contributed by atoms with van der Waals surface area (Å²) in [5.41, 5.74) is 9.27. The molecule has 4 heteroatoms. The van der Waals surface area contributed by atoms with Crippen LogP contribution in [0, 0.1) is 0 Å². The molecule has 2 aromatic carbocycles. The van der Waals surface area contributed by atoms with Crippen LogP contribution in [0.25, 0.3) is 22.2 Å². The van der Waals surface area contributed by atoms with Crippen LogP contribution in [0.2, 0.25) is 0 Å². The second kappa shape index (κ2) is 8.79. The highest BCUT2D eigenvalue weighted by atomic mass is 16.5. The van der Waals surface area contributed by atoms with Crippen molar-refractivity contribution in [3.8, 4) is 17.0 Å². The van der Waals surface area contributed by atoms with E-state index in [1.165, 1.54) is 0 Å². The molecule has 4 nitrogen and oxygen atoms in total. The molecule has 0 bridgehead atoms. The lowest BCUT2D eigenvalue weighted by Gasteiger charge is -2.15. The van der Waals surface area contributed by atoms with E-state index < -0.39 is 6.10 Å². The van der Waals surface area contributed by atoms with Gasteiger partial charge in [-0.25, -0.2) is 4.98 Å². The molecule has 3 aromatic rings. The maximum absolute atomic E-state index is 10.8. The minimum atomic E-state index is -0.502. The quantitative estimate of drug-likeness (QED) is 0.588. The predicted octanol–water partition coefficient (Wildman–Crippen LogP) is 4.46. The number of hydrogen-bond donors (Lipinski definition) is 2. The van der Waals surface area contributed by atoms with Gasteiger partial charge in [-0.1, -0.05) is 31.0 Å². The fourth-order valence-corrected chi connectivity index (χ4v) is 3.20. The summed E-state index contributed by atoms with van der Waals surface area (Å²) in [6, 6.07) is 17.8. The molecule has 0 unspecified atom stereocenters. The molecule has 0 aliphatic rings. The van der Waals surface area contributed by atoms with Gasteiger partial charge < -0.3 is 15.6 Å². The summed E-state index contributed by atoms with van der Waals surface area (Å²) in [5.74, 6) is 0.815.